The van der Waals surface area contributed by atoms with Gasteiger partial charge in [-0.25, -0.2) is 0 Å². The largest absolute Gasteiger partial charge is 0.493 e. The van der Waals surface area contributed by atoms with Gasteiger partial charge in [0.2, 0.25) is 0 Å². The Hall–Kier alpha value is -0.490. The van der Waals surface area contributed by atoms with Crippen molar-refractivity contribution in [1.82, 2.24) is 4.90 Å². The summed E-state index contributed by atoms with van der Waals surface area (Å²) >= 11 is 3.63. The van der Waals surface area contributed by atoms with Gasteiger partial charge in [0.25, 0.3) is 0 Å². The number of halogens is 2. The van der Waals surface area contributed by atoms with Crippen LogP contribution in [0.25, 0.3) is 0 Å². The van der Waals surface area contributed by atoms with Gasteiger partial charge in [0.1, 0.15) is 0 Å². The fourth-order valence-corrected chi connectivity index (χ4v) is 3.22. The summed E-state index contributed by atoms with van der Waals surface area (Å²) in [6.45, 7) is 2.73. The lowest BCUT2D eigenvalue weighted by molar-refractivity contribution is 0.144. The predicted octanol–water partition coefficient (Wildman–Crippen LogP) is 3.20. The van der Waals surface area contributed by atoms with Crippen molar-refractivity contribution in [1.29, 1.82) is 0 Å². The van der Waals surface area contributed by atoms with E-state index in [-0.39, 0.29) is 12.4 Å². The highest BCUT2D eigenvalue weighted by Crippen LogP contribution is 2.34. The van der Waals surface area contributed by atoms with Crippen LogP contribution in [0.3, 0.4) is 0 Å². The van der Waals surface area contributed by atoms with Gasteiger partial charge >= 0.3 is 0 Å². The molecule has 0 aliphatic carbocycles. The third kappa shape index (κ3) is 4.49. The highest BCUT2D eigenvalue weighted by atomic mass is 79.9. The van der Waals surface area contributed by atoms with Gasteiger partial charge in [-0.15, -0.1) is 12.4 Å². The lowest BCUT2D eigenvalue weighted by Crippen LogP contribution is -2.43. The smallest absolute Gasteiger partial charge is 0.161 e. The molecule has 1 aliphatic rings. The first-order chi connectivity index (χ1) is 9.69. The first-order valence-electron chi connectivity index (χ1n) is 7.04. The molecule has 1 aromatic rings. The van der Waals surface area contributed by atoms with Crippen LogP contribution in [0.1, 0.15) is 24.8 Å². The van der Waals surface area contributed by atoms with Crippen molar-refractivity contribution in [2.24, 2.45) is 5.73 Å². The van der Waals surface area contributed by atoms with E-state index in [0.717, 1.165) is 35.6 Å². The van der Waals surface area contributed by atoms with E-state index >= 15 is 0 Å². The van der Waals surface area contributed by atoms with Crippen LogP contribution in [0.5, 0.6) is 11.5 Å². The number of ether oxygens (including phenoxy) is 2. The van der Waals surface area contributed by atoms with Gasteiger partial charge in [-0.2, -0.15) is 0 Å². The number of benzene rings is 1. The quantitative estimate of drug-likeness (QED) is 0.853. The molecule has 2 N–H and O–H groups in total. The highest BCUT2D eigenvalue weighted by molar-refractivity contribution is 9.10. The summed E-state index contributed by atoms with van der Waals surface area (Å²) in [6, 6.07) is 4.50. The van der Waals surface area contributed by atoms with E-state index in [2.05, 4.69) is 20.8 Å². The molecule has 0 saturated carbocycles. The van der Waals surface area contributed by atoms with Crippen molar-refractivity contribution in [3.8, 4) is 11.5 Å². The van der Waals surface area contributed by atoms with E-state index in [9.17, 15) is 0 Å². The number of hydrogen-bond acceptors (Lipinski definition) is 4. The molecule has 4 nitrogen and oxygen atoms in total. The summed E-state index contributed by atoms with van der Waals surface area (Å²) in [4.78, 5) is 2.47. The number of methoxy groups -OCH3 is 2. The van der Waals surface area contributed by atoms with Gasteiger partial charge in [-0.1, -0.05) is 22.4 Å². The Balaban J connectivity index is 0.00000220. The molecule has 0 amide bonds. The van der Waals surface area contributed by atoms with Gasteiger partial charge in [-0.3, -0.25) is 4.90 Å². The maximum atomic E-state index is 5.89. The van der Waals surface area contributed by atoms with Crippen LogP contribution in [0, 0.1) is 0 Å². The van der Waals surface area contributed by atoms with E-state index in [1.807, 2.05) is 12.1 Å². The van der Waals surface area contributed by atoms with Crippen LogP contribution in [0.15, 0.2) is 16.6 Å². The normalized spacial score (nSPS) is 19.0. The topological polar surface area (TPSA) is 47.7 Å². The molecule has 1 fully saturated rings. The first kappa shape index (κ1) is 18.6. The molecule has 0 aromatic heterocycles. The van der Waals surface area contributed by atoms with E-state index < -0.39 is 0 Å². The molecule has 0 spiro atoms. The number of nitrogens with two attached hydrogens (primary N) is 1. The summed E-state index contributed by atoms with van der Waals surface area (Å²) in [6.07, 6.45) is 3.73. The minimum Gasteiger partial charge on any atom is -0.493 e. The Morgan fingerprint density at radius 3 is 2.52 bits per heavy atom. The van der Waals surface area contributed by atoms with Crippen molar-refractivity contribution >= 4 is 28.3 Å². The van der Waals surface area contributed by atoms with Gasteiger partial charge in [0, 0.05) is 23.6 Å². The second-order valence-electron chi connectivity index (χ2n) is 5.15. The van der Waals surface area contributed by atoms with Crippen molar-refractivity contribution in [3.63, 3.8) is 0 Å². The maximum Gasteiger partial charge on any atom is 0.161 e. The van der Waals surface area contributed by atoms with Crippen LogP contribution in [-0.2, 0) is 6.54 Å². The Morgan fingerprint density at radius 1 is 1.24 bits per heavy atom. The number of piperidine rings is 1. The zero-order valence-electron chi connectivity index (χ0n) is 12.6. The Kier molecular flexibility index (Phi) is 7.81. The summed E-state index contributed by atoms with van der Waals surface area (Å²) in [5.74, 6) is 1.52. The van der Waals surface area contributed by atoms with Crippen LogP contribution >= 0.6 is 28.3 Å². The maximum absolute atomic E-state index is 5.89. The molecule has 0 bridgehead atoms. The van der Waals surface area contributed by atoms with E-state index in [0.29, 0.717) is 6.04 Å². The molecular formula is C15H24BrClN2O2. The van der Waals surface area contributed by atoms with Crippen LogP contribution in [0.2, 0.25) is 0 Å². The average Bonchev–Trinajstić information content (AvgIpc) is 2.49. The van der Waals surface area contributed by atoms with E-state index in [1.165, 1.54) is 24.8 Å². The van der Waals surface area contributed by atoms with Crippen LogP contribution in [-0.4, -0.2) is 38.3 Å². The van der Waals surface area contributed by atoms with E-state index in [4.69, 9.17) is 15.2 Å². The molecular weight excluding hydrogens is 356 g/mol. The second-order valence-corrected chi connectivity index (χ2v) is 6.01. The summed E-state index contributed by atoms with van der Waals surface area (Å²) in [5.41, 5.74) is 7.10. The van der Waals surface area contributed by atoms with Crippen molar-refractivity contribution in [2.45, 2.75) is 31.8 Å². The van der Waals surface area contributed by atoms with E-state index in [1.54, 1.807) is 14.2 Å². The SMILES string of the molecule is COc1cc(Br)c(CN2CCCCC2CN)cc1OC.Cl. The van der Waals surface area contributed by atoms with Gasteiger partial charge in [0.15, 0.2) is 11.5 Å². The zero-order chi connectivity index (χ0) is 14.5. The number of rotatable bonds is 5. The van der Waals surface area contributed by atoms with Crippen LogP contribution in [0.4, 0.5) is 0 Å². The van der Waals surface area contributed by atoms with Crippen LogP contribution < -0.4 is 15.2 Å². The third-order valence-corrected chi connectivity index (χ3v) is 4.69. The standard InChI is InChI=1S/C15H23BrN2O2.ClH/c1-19-14-7-11(13(16)8-15(14)20-2)10-18-6-4-3-5-12(18)9-17;/h7-8,12H,3-6,9-10,17H2,1-2H3;1H. The predicted molar refractivity (Wildman–Crippen MR) is 91.6 cm³/mol. The fraction of sp³-hybridized carbons (Fsp3) is 0.600. The summed E-state index contributed by atoms with van der Waals surface area (Å²) in [7, 11) is 3.32. The molecule has 2 rings (SSSR count). The molecule has 1 saturated heterocycles. The Labute approximate surface area is 141 Å². The molecule has 1 aliphatic heterocycles. The van der Waals surface area contributed by atoms with Gasteiger partial charge in [0.05, 0.1) is 14.2 Å². The lowest BCUT2D eigenvalue weighted by Gasteiger charge is -2.35. The molecule has 21 heavy (non-hydrogen) atoms. The number of nitrogens with zero attached hydrogens (tertiary/aromatic N) is 1. The molecule has 0 radical (unpaired) electrons. The second kappa shape index (κ2) is 8.83. The Morgan fingerprint density at radius 2 is 1.90 bits per heavy atom. The summed E-state index contributed by atoms with van der Waals surface area (Å²) < 4.78 is 11.8. The molecule has 1 unspecified atom stereocenters. The minimum atomic E-state index is 0. The highest BCUT2D eigenvalue weighted by Gasteiger charge is 2.22. The average molecular weight is 380 g/mol. The van der Waals surface area contributed by atoms with Crippen molar-refractivity contribution in [3.05, 3.63) is 22.2 Å². The lowest BCUT2D eigenvalue weighted by atomic mass is 10.0. The van der Waals surface area contributed by atoms with Crippen molar-refractivity contribution in [2.75, 3.05) is 27.3 Å². The molecule has 1 heterocycles. The first-order valence-corrected chi connectivity index (χ1v) is 7.83. The number of likely N-dealkylation sites (tertiary alicyclic amines) is 1. The monoisotopic (exact) mass is 378 g/mol. The summed E-state index contributed by atoms with van der Waals surface area (Å²) in [5, 5.41) is 0. The zero-order valence-corrected chi connectivity index (χ0v) is 15.0. The van der Waals surface area contributed by atoms with Gasteiger partial charge < -0.3 is 15.2 Å². The van der Waals surface area contributed by atoms with Gasteiger partial charge in [-0.05, 0) is 37.1 Å². The third-order valence-electron chi connectivity index (χ3n) is 3.95. The minimum absolute atomic E-state index is 0. The Bertz CT molecular complexity index is 460. The molecule has 1 aromatic carbocycles. The molecule has 1 atom stereocenters. The van der Waals surface area contributed by atoms with Crippen molar-refractivity contribution < 1.29 is 9.47 Å². The molecule has 6 heteroatoms. The number of hydrogen-bond donors (Lipinski definition) is 1. The fourth-order valence-electron chi connectivity index (χ4n) is 2.77. The molecule has 120 valence electrons.